The minimum absolute atomic E-state index is 0.653. The summed E-state index contributed by atoms with van der Waals surface area (Å²) < 4.78 is 37.2. The van der Waals surface area contributed by atoms with E-state index in [9.17, 15) is 0 Å². The molecule has 0 aromatic rings. The molecule has 24 saturated heterocycles. The number of hydrogen-bond acceptors (Lipinski definition) is 14. The summed E-state index contributed by atoms with van der Waals surface area (Å²) in [7, 11) is 0. The van der Waals surface area contributed by atoms with Crippen LogP contribution in [0.25, 0.3) is 0 Å². The first-order valence-electron chi connectivity index (χ1n) is 61.5. The molecule has 0 amide bonds. The number of hydrogen-bond donors (Lipinski definition) is 5. The van der Waals surface area contributed by atoms with Crippen LogP contribution in [0.5, 0.6) is 0 Å². The van der Waals surface area contributed by atoms with Gasteiger partial charge in [0.05, 0.1) is 61.0 Å². The van der Waals surface area contributed by atoms with Gasteiger partial charge >= 0.3 is 0 Å². The average molecular weight is 1880 g/mol. The fourth-order valence-corrected chi connectivity index (χ4v) is 34.1. The molecular weight excluding hydrogens is 1670 g/mol. The smallest absolute Gasteiger partial charge is 0.0628 e. The molecule has 53 fully saturated rings. The number of piperidine rings is 4. The van der Waals surface area contributed by atoms with Crippen molar-refractivity contribution in [1.29, 1.82) is 0 Å². The first kappa shape index (κ1) is 99.8. The lowest BCUT2D eigenvalue weighted by molar-refractivity contribution is -0.237. The lowest BCUT2D eigenvalue weighted by Gasteiger charge is -2.49. The van der Waals surface area contributed by atoms with Crippen LogP contribution in [0.1, 0.15) is 443 Å². The maximum atomic E-state index is 5.48. The molecule has 13 nitrogen and oxygen atoms in total. The van der Waals surface area contributed by atoms with Crippen LogP contribution in [-0.2, 0) is 33.2 Å². The fourth-order valence-electron chi connectivity index (χ4n) is 32.6. The van der Waals surface area contributed by atoms with Crippen molar-refractivity contribution in [2.24, 2.45) is 130 Å². The molecule has 0 aromatic heterocycles. The minimum Gasteiger partial charge on any atom is -0.378 e. The normalized spacial score (nSPS) is 49.1. The van der Waals surface area contributed by atoms with Crippen LogP contribution in [0.4, 0.5) is 0 Å². The molecule has 53 aliphatic rings. The maximum absolute atomic E-state index is 5.48. The molecule has 53 rings (SSSR count). The highest BCUT2D eigenvalue weighted by Crippen LogP contribution is 2.55. The molecule has 0 spiro atoms. The highest BCUT2D eigenvalue weighted by molar-refractivity contribution is 8.00. The minimum atomic E-state index is 0.653. The van der Waals surface area contributed by atoms with Crippen molar-refractivity contribution in [2.45, 2.75) is 546 Å². The van der Waals surface area contributed by atoms with Gasteiger partial charge in [-0.25, -0.2) is 0 Å². The van der Waals surface area contributed by atoms with Crippen LogP contribution in [0.3, 0.4) is 0 Å². The third-order valence-corrected chi connectivity index (χ3v) is 45.3. The van der Waals surface area contributed by atoms with E-state index in [1.807, 2.05) is 0 Å². The molecule has 10 unspecified atom stereocenters. The number of piperazine rings is 1. The zero-order chi connectivity index (χ0) is 89.6. The molecule has 29 aliphatic carbocycles. The Balaban J connectivity index is 0.0000000848. The van der Waals surface area contributed by atoms with Crippen molar-refractivity contribution in [3.05, 3.63) is 0 Å². The molecule has 40 bridgehead atoms. The van der Waals surface area contributed by atoms with E-state index in [4.69, 9.17) is 33.2 Å². The topological polar surface area (TPSA) is 128 Å². The Morgan fingerprint density at radius 3 is 0.560 bits per heavy atom. The SMILES string of the molecule is C1C2CC1C2.C1C2CC1C2.C1C2CC1O2.C1CC2CC1C2.C1CC2CC1C2.C1CC2CC1CN2.C1CC2CC1CO2.C1CC2CC1CO2.C1CC2CC1O2.C1CC2CCC1C2.C1CC2CCC1CC2.C1CC2CCC1CC2.C1CC2CCC1CO2.C1CC2CCC1CS2.C1CC2CCC1N2.C1CC2CCC1O2.C1CN2CCC1CC2.C1NC2CC1C2.C1NC2CNC1C2.C1OC2CC1C2. The van der Waals surface area contributed by atoms with E-state index >= 15 is 0 Å². The third kappa shape index (κ3) is 30.1. The average Bonchev–Trinajstić information content (AvgIpc) is 1.77. The molecule has 10 atom stereocenters. The van der Waals surface area contributed by atoms with E-state index in [0.717, 1.165) is 139 Å². The Hall–Kier alpha value is -0.170. The first-order chi connectivity index (χ1) is 66.0. The quantitative estimate of drug-likeness (QED) is 0.158. The number of nitrogens with one attached hydrogen (secondary N) is 5. The summed E-state index contributed by atoms with van der Waals surface area (Å²) in [6.07, 6.45) is 109. The molecule has 0 aromatic carbocycles. The van der Waals surface area contributed by atoms with Gasteiger partial charge in [-0.3, -0.25) is 0 Å². The lowest BCUT2D eigenvalue weighted by atomic mass is 9.56. The van der Waals surface area contributed by atoms with Gasteiger partial charge in [0.25, 0.3) is 0 Å². The van der Waals surface area contributed by atoms with E-state index in [1.165, 1.54) is 355 Å². The molecule has 24 aliphatic heterocycles. The van der Waals surface area contributed by atoms with E-state index < -0.39 is 0 Å². The Labute approximate surface area is 824 Å². The molecule has 134 heavy (non-hydrogen) atoms. The summed E-state index contributed by atoms with van der Waals surface area (Å²) in [5.74, 6) is 26.2. The van der Waals surface area contributed by atoms with Crippen molar-refractivity contribution in [3.63, 3.8) is 0 Å². The summed E-state index contributed by atoms with van der Waals surface area (Å²) in [5.41, 5.74) is 0. The summed E-state index contributed by atoms with van der Waals surface area (Å²) in [6.45, 7) is 13.4. The Morgan fingerprint density at radius 2 is 0.455 bits per heavy atom. The third-order valence-electron chi connectivity index (χ3n) is 43.7. The van der Waals surface area contributed by atoms with Crippen LogP contribution in [0, 0.1) is 130 Å². The lowest BCUT2D eigenvalue weighted by Crippen LogP contribution is -2.52. The van der Waals surface area contributed by atoms with Gasteiger partial charge in [-0.1, -0.05) is 128 Å². The summed E-state index contributed by atoms with van der Waals surface area (Å²) in [5, 5.41) is 18.2. The van der Waals surface area contributed by atoms with Gasteiger partial charge in [-0.05, 0) is 483 Å². The second-order valence-electron chi connectivity index (χ2n) is 54.0. The van der Waals surface area contributed by atoms with Crippen LogP contribution in [-0.4, -0.2) is 185 Å². The van der Waals surface area contributed by atoms with Crippen molar-refractivity contribution in [3.8, 4) is 0 Å². The van der Waals surface area contributed by atoms with Crippen LogP contribution in [0.15, 0.2) is 0 Å². The zero-order valence-electron chi connectivity index (χ0n) is 86.0. The van der Waals surface area contributed by atoms with Gasteiger partial charge in [0.1, 0.15) is 0 Å². The first-order valence-corrected chi connectivity index (χ1v) is 62.5. The molecule has 764 valence electrons. The van der Waals surface area contributed by atoms with Gasteiger partial charge in [0.2, 0.25) is 0 Å². The van der Waals surface area contributed by atoms with Gasteiger partial charge in [0.15, 0.2) is 0 Å². The Kier molecular flexibility index (Phi) is 37.6. The highest BCUT2D eigenvalue weighted by atomic mass is 32.2. The number of nitrogens with zero attached hydrogens (tertiary/aromatic N) is 1. The van der Waals surface area contributed by atoms with E-state index in [-0.39, 0.29) is 0 Å². The van der Waals surface area contributed by atoms with Crippen LogP contribution >= 0.6 is 11.8 Å². The number of rotatable bonds is 0. The largest absolute Gasteiger partial charge is 0.378 e. The number of ether oxygens (including phenoxy) is 7. The maximum Gasteiger partial charge on any atom is 0.0628 e. The number of thioether (sulfide) groups is 1. The molecule has 29 saturated carbocycles. The molecular formula is C120H206N6O7S. The Bertz CT molecular complexity index is 2440. The molecule has 24 heterocycles. The highest BCUT2D eigenvalue weighted by Gasteiger charge is 2.46. The number of fused-ring (bicyclic) bond motifs is 34. The molecule has 14 heteroatoms. The van der Waals surface area contributed by atoms with Crippen LogP contribution < -0.4 is 26.6 Å². The second kappa shape index (κ2) is 50.5. The monoisotopic (exact) mass is 1880 g/mol. The fraction of sp³-hybridized carbons (Fsp3) is 1.00. The predicted molar refractivity (Wildman–Crippen MR) is 551 cm³/mol. The summed E-state index contributed by atoms with van der Waals surface area (Å²) in [4.78, 5) is 2.58. The molecule has 5 N–H and O–H groups in total. The van der Waals surface area contributed by atoms with Crippen molar-refractivity contribution < 1.29 is 33.2 Å². The standard InChI is InChI=1S/2C8H14.C7H13N.C7H12O.C7H12S.C7H12.2C6H11N.3C6H10O.2C6H10.C5H10N2.C5H9N.2C5H8O.2C5H8.C4H6O/c2*1-2-8-5-3-7(1)4-6-8;1-4-8-5-2-7(1)3-6-8;2*1-3-7-4-2-6(1)5-8-7;1-2-7-4-3-6(1)5-7;1-2-6-3-5(1)4-7-6;1-2-6-4-3-5(1)7-6;2*1-2-6-3-5(1)4-7-6;1-2-6-4-3-5(1)7-6;2*1-2-6-3-5(1)4-6;1-4-2-6-5(1)3-7-4;2*1-4-2-5(1)6-3-4;1-2-5-3-4(1)6-5;2*1-4-2-5(1)3-4;1-3-2-4(1)5-3/h2*7-8H,1-6H2;7H,1-6H2;2*6-7H,1-5H2;6-7H,1-5H2;2*5-7H,1-4H2;3*5-6H,1-4H2;2*5-6H,1-4H2;4-7H,1-3H2;4-6H,1-3H2;2*4-5H,1-3H2;2*4-5H,1-3H2;3-4H,1-2H2. The van der Waals surface area contributed by atoms with Gasteiger partial charge in [-0.2, -0.15) is 11.8 Å². The second-order valence-corrected chi connectivity index (χ2v) is 55.4. The summed E-state index contributed by atoms with van der Waals surface area (Å²) >= 11 is 2.21. The predicted octanol–water partition coefficient (Wildman–Crippen LogP) is 26.1. The van der Waals surface area contributed by atoms with Crippen molar-refractivity contribution in [2.75, 3.05) is 78.0 Å². The van der Waals surface area contributed by atoms with E-state index in [2.05, 4.69) is 43.2 Å². The van der Waals surface area contributed by atoms with Crippen LogP contribution in [0.2, 0.25) is 0 Å². The van der Waals surface area contributed by atoms with Crippen molar-refractivity contribution in [1.82, 2.24) is 31.5 Å². The molecule has 0 radical (unpaired) electrons. The van der Waals surface area contributed by atoms with Gasteiger partial charge in [-0.15, -0.1) is 0 Å². The Morgan fingerprint density at radius 1 is 0.164 bits per heavy atom. The van der Waals surface area contributed by atoms with Gasteiger partial charge < -0.3 is 64.6 Å². The van der Waals surface area contributed by atoms with E-state index in [0.29, 0.717) is 61.0 Å². The van der Waals surface area contributed by atoms with Gasteiger partial charge in [0, 0.05) is 81.0 Å². The van der Waals surface area contributed by atoms with Crippen molar-refractivity contribution >= 4 is 11.8 Å². The zero-order valence-corrected chi connectivity index (χ0v) is 86.8. The summed E-state index contributed by atoms with van der Waals surface area (Å²) in [6, 6.07) is 5.32. The van der Waals surface area contributed by atoms with E-state index in [1.54, 1.807) is 199 Å².